The van der Waals surface area contributed by atoms with Crippen molar-refractivity contribution in [1.82, 2.24) is 9.62 Å². The Bertz CT molecular complexity index is 975. The Morgan fingerprint density at radius 1 is 1.19 bits per heavy atom. The lowest BCUT2D eigenvalue weighted by molar-refractivity contribution is -0.152. The number of esters is 1. The lowest BCUT2D eigenvalue weighted by atomic mass is 10.2. The topological polar surface area (TPSA) is 136 Å². The minimum absolute atomic E-state index is 0.0320. The normalized spacial score (nSPS) is 17.8. The second kappa shape index (κ2) is 10.9. The lowest BCUT2D eigenvalue weighted by Gasteiger charge is -2.26. The van der Waals surface area contributed by atoms with Gasteiger partial charge in [-0.15, -0.1) is 0 Å². The van der Waals surface area contributed by atoms with Crippen LogP contribution in [0.25, 0.3) is 0 Å². The van der Waals surface area contributed by atoms with E-state index >= 15 is 0 Å². The number of sulfonamides is 1. The maximum Gasteiger partial charge on any atom is 0.307 e. The number of benzene rings is 1. The van der Waals surface area contributed by atoms with E-state index in [0.29, 0.717) is 25.3 Å². The van der Waals surface area contributed by atoms with Crippen LogP contribution in [0.4, 0.5) is 0 Å². The van der Waals surface area contributed by atoms with E-state index in [1.807, 2.05) is 6.92 Å². The van der Waals surface area contributed by atoms with Crippen LogP contribution in [0.3, 0.4) is 0 Å². The van der Waals surface area contributed by atoms with E-state index in [2.05, 4.69) is 4.72 Å². The molecule has 1 N–H and O–H groups in total. The Balaban J connectivity index is 1.77. The van der Waals surface area contributed by atoms with Gasteiger partial charge in [0.05, 0.1) is 29.4 Å². The molecule has 2 rings (SSSR count). The fourth-order valence-electron chi connectivity index (χ4n) is 3.21. The third-order valence-corrected chi connectivity index (χ3v) is 7.96. The molecule has 1 amide bonds. The number of hydrogen-bond acceptors (Lipinski definition) is 8. The van der Waals surface area contributed by atoms with Gasteiger partial charge in [-0.05, 0) is 44.5 Å². The van der Waals surface area contributed by atoms with Crippen molar-refractivity contribution in [3.05, 3.63) is 24.3 Å². The standard InChI is InChI=1S/C19H28N2O8S2/c1-3-21(15-10-12-30(24,25)14-15)18(22)13-29-19(23)9-11-20-31(26,27)17-7-5-16(6-8-17)28-4-2/h5-8,15,20H,3-4,9-14H2,1-2H3. The number of nitrogens with one attached hydrogen (secondary N) is 1. The molecule has 10 nitrogen and oxygen atoms in total. The maximum atomic E-state index is 12.3. The highest BCUT2D eigenvalue weighted by atomic mass is 32.2. The van der Waals surface area contributed by atoms with E-state index in [1.165, 1.54) is 29.2 Å². The van der Waals surface area contributed by atoms with Gasteiger partial charge in [0.15, 0.2) is 16.4 Å². The largest absolute Gasteiger partial charge is 0.494 e. The molecular weight excluding hydrogens is 448 g/mol. The summed E-state index contributed by atoms with van der Waals surface area (Å²) in [5.74, 6) is -0.722. The number of sulfone groups is 1. The third kappa shape index (κ3) is 7.47. The zero-order chi connectivity index (χ0) is 23.1. The second-order valence-electron chi connectivity index (χ2n) is 6.95. The van der Waals surface area contributed by atoms with Crippen LogP contribution in [0.1, 0.15) is 26.7 Å². The molecule has 1 aliphatic rings. The fraction of sp³-hybridized carbons (Fsp3) is 0.579. The second-order valence-corrected chi connectivity index (χ2v) is 10.9. The summed E-state index contributed by atoms with van der Waals surface area (Å²) in [5, 5.41) is 0. The number of amides is 1. The molecule has 0 spiro atoms. The van der Waals surface area contributed by atoms with Crippen molar-refractivity contribution in [3.8, 4) is 5.75 Å². The van der Waals surface area contributed by atoms with E-state index in [-0.39, 0.29) is 29.4 Å². The monoisotopic (exact) mass is 476 g/mol. The van der Waals surface area contributed by atoms with E-state index < -0.39 is 44.4 Å². The van der Waals surface area contributed by atoms with Crippen molar-refractivity contribution in [2.75, 3.05) is 37.8 Å². The van der Waals surface area contributed by atoms with Gasteiger partial charge in [0.2, 0.25) is 10.0 Å². The molecule has 1 aromatic carbocycles. The molecular formula is C19H28N2O8S2. The Morgan fingerprint density at radius 3 is 2.42 bits per heavy atom. The van der Waals surface area contributed by atoms with Crippen LogP contribution in [0.5, 0.6) is 5.75 Å². The molecule has 12 heteroatoms. The molecule has 1 unspecified atom stereocenters. The van der Waals surface area contributed by atoms with Crippen molar-refractivity contribution in [3.63, 3.8) is 0 Å². The Hall–Kier alpha value is -2.18. The quantitative estimate of drug-likeness (QED) is 0.451. The predicted molar refractivity (Wildman–Crippen MR) is 113 cm³/mol. The number of hydrogen-bond donors (Lipinski definition) is 1. The molecule has 0 saturated carbocycles. The molecule has 0 radical (unpaired) electrons. The van der Waals surface area contributed by atoms with Crippen LogP contribution in [-0.4, -0.2) is 77.5 Å². The third-order valence-electron chi connectivity index (χ3n) is 4.73. The highest BCUT2D eigenvalue weighted by Crippen LogP contribution is 2.18. The molecule has 0 aromatic heterocycles. The van der Waals surface area contributed by atoms with Gasteiger partial charge in [-0.3, -0.25) is 9.59 Å². The molecule has 31 heavy (non-hydrogen) atoms. The number of carbonyl (C=O) groups is 2. The van der Waals surface area contributed by atoms with Gasteiger partial charge in [-0.2, -0.15) is 0 Å². The number of carbonyl (C=O) groups excluding carboxylic acids is 2. The van der Waals surface area contributed by atoms with E-state index in [4.69, 9.17) is 9.47 Å². The van der Waals surface area contributed by atoms with Crippen molar-refractivity contribution < 1.29 is 35.9 Å². The van der Waals surface area contributed by atoms with Crippen LogP contribution in [0.15, 0.2) is 29.2 Å². The minimum Gasteiger partial charge on any atom is -0.494 e. The number of nitrogens with zero attached hydrogens (tertiary/aromatic N) is 1. The van der Waals surface area contributed by atoms with Crippen molar-refractivity contribution in [2.24, 2.45) is 0 Å². The number of ether oxygens (including phenoxy) is 2. The lowest BCUT2D eigenvalue weighted by Crippen LogP contribution is -2.43. The van der Waals surface area contributed by atoms with Gasteiger partial charge in [0.1, 0.15) is 5.75 Å². The average molecular weight is 477 g/mol. The summed E-state index contributed by atoms with van der Waals surface area (Å²) in [4.78, 5) is 25.6. The Kier molecular flexibility index (Phi) is 8.83. The van der Waals surface area contributed by atoms with Crippen LogP contribution in [0, 0.1) is 0 Å². The molecule has 1 aromatic rings. The van der Waals surface area contributed by atoms with E-state index in [9.17, 15) is 26.4 Å². The summed E-state index contributed by atoms with van der Waals surface area (Å²) in [6.45, 7) is 3.59. The minimum atomic E-state index is -3.80. The molecule has 1 saturated heterocycles. The van der Waals surface area contributed by atoms with Gasteiger partial charge < -0.3 is 14.4 Å². The van der Waals surface area contributed by atoms with Crippen LogP contribution in [0.2, 0.25) is 0 Å². The summed E-state index contributed by atoms with van der Waals surface area (Å²) in [6, 6.07) is 5.45. The van der Waals surface area contributed by atoms with Gasteiger partial charge in [-0.1, -0.05) is 0 Å². The molecule has 1 heterocycles. The highest BCUT2D eigenvalue weighted by molar-refractivity contribution is 7.91. The first-order valence-electron chi connectivity index (χ1n) is 9.96. The van der Waals surface area contributed by atoms with Gasteiger partial charge in [-0.25, -0.2) is 21.6 Å². The highest BCUT2D eigenvalue weighted by Gasteiger charge is 2.34. The zero-order valence-corrected chi connectivity index (χ0v) is 19.2. The van der Waals surface area contributed by atoms with E-state index in [0.717, 1.165) is 0 Å². The fourth-order valence-corrected chi connectivity index (χ4v) is 5.97. The van der Waals surface area contributed by atoms with Crippen molar-refractivity contribution >= 4 is 31.7 Å². The van der Waals surface area contributed by atoms with Crippen LogP contribution < -0.4 is 9.46 Å². The summed E-state index contributed by atoms with van der Waals surface area (Å²) in [6.07, 6.45) is 0.108. The molecule has 1 atom stereocenters. The van der Waals surface area contributed by atoms with Gasteiger partial charge in [0.25, 0.3) is 5.91 Å². The van der Waals surface area contributed by atoms with Gasteiger partial charge >= 0.3 is 5.97 Å². The SMILES string of the molecule is CCOc1ccc(S(=O)(=O)NCCC(=O)OCC(=O)N(CC)C2CCS(=O)(=O)C2)cc1. The van der Waals surface area contributed by atoms with E-state index in [1.54, 1.807) is 6.92 Å². The van der Waals surface area contributed by atoms with Crippen LogP contribution in [-0.2, 0) is 34.2 Å². The number of rotatable bonds is 11. The average Bonchev–Trinajstić information content (AvgIpc) is 3.07. The Morgan fingerprint density at radius 2 is 1.87 bits per heavy atom. The smallest absolute Gasteiger partial charge is 0.307 e. The summed E-state index contributed by atoms with van der Waals surface area (Å²) < 4.78 is 60.2. The van der Waals surface area contributed by atoms with Crippen molar-refractivity contribution in [1.29, 1.82) is 0 Å². The van der Waals surface area contributed by atoms with Gasteiger partial charge in [0, 0.05) is 19.1 Å². The number of likely N-dealkylation sites (N-methyl/N-ethyl adjacent to an activating group) is 1. The summed E-state index contributed by atoms with van der Waals surface area (Å²) >= 11 is 0. The maximum absolute atomic E-state index is 12.3. The first-order valence-corrected chi connectivity index (χ1v) is 13.3. The first kappa shape index (κ1) is 25.1. The predicted octanol–water partition coefficient (Wildman–Crippen LogP) is 0.333. The first-order chi connectivity index (χ1) is 14.6. The molecule has 1 fully saturated rings. The van der Waals surface area contributed by atoms with Crippen LogP contribution >= 0.6 is 0 Å². The molecule has 0 aliphatic carbocycles. The zero-order valence-electron chi connectivity index (χ0n) is 17.6. The van der Waals surface area contributed by atoms with Crippen molar-refractivity contribution in [2.45, 2.75) is 37.6 Å². The Labute approximate surface area is 182 Å². The summed E-state index contributed by atoms with van der Waals surface area (Å²) in [7, 11) is -6.95. The summed E-state index contributed by atoms with van der Waals surface area (Å²) in [5.41, 5.74) is 0. The molecule has 174 valence electrons. The molecule has 1 aliphatic heterocycles. The molecule has 0 bridgehead atoms.